The molecule has 0 amide bonds. The van der Waals surface area contributed by atoms with Crippen LogP contribution in [0.4, 0.5) is 0 Å². The molecule has 1 spiro atoms. The van der Waals surface area contributed by atoms with Crippen LogP contribution < -0.4 is 11.6 Å². The van der Waals surface area contributed by atoms with E-state index in [1.165, 1.54) is 15.3 Å². The van der Waals surface area contributed by atoms with E-state index in [1.807, 2.05) is 11.3 Å². The zero-order valence-corrected chi connectivity index (χ0v) is 18.5. The largest absolute Gasteiger partial charge is 0.400 e. The Hall–Kier alpha value is -1.12. The molecule has 2 fully saturated rings. The maximum Gasteiger partial charge on any atom is 0.0966 e. The maximum absolute atomic E-state index is 10.5. The molecule has 0 aromatic carbocycles. The molecule has 6 nitrogen and oxygen atoms in total. The minimum atomic E-state index is -0.656. The number of hydrogen-bond donors (Lipinski definition) is 3. The lowest BCUT2D eigenvalue weighted by Gasteiger charge is -2.44. The van der Waals surface area contributed by atoms with Gasteiger partial charge in [0.2, 0.25) is 0 Å². The number of likely N-dealkylation sites (tertiary alicyclic amines) is 1. The first-order chi connectivity index (χ1) is 13.9. The Balaban J connectivity index is 1.33. The number of piperidine rings is 1. The topological polar surface area (TPSA) is 88.0 Å². The van der Waals surface area contributed by atoms with E-state index in [-0.39, 0.29) is 5.60 Å². The van der Waals surface area contributed by atoms with Crippen LogP contribution >= 0.6 is 11.3 Å². The summed E-state index contributed by atoms with van der Waals surface area (Å²) in [7, 11) is 0. The van der Waals surface area contributed by atoms with Crippen LogP contribution in [0.2, 0.25) is 0 Å². The second-order valence-electron chi connectivity index (χ2n) is 9.08. The zero-order valence-electron chi connectivity index (χ0n) is 17.7. The molecule has 1 saturated carbocycles. The van der Waals surface area contributed by atoms with Gasteiger partial charge >= 0.3 is 0 Å². The fourth-order valence-electron chi connectivity index (χ4n) is 5.22. The molecule has 3 aliphatic rings. The van der Waals surface area contributed by atoms with E-state index >= 15 is 0 Å². The Morgan fingerprint density at radius 3 is 2.72 bits per heavy atom. The van der Waals surface area contributed by atoms with Crippen molar-refractivity contribution >= 4 is 11.3 Å². The molecule has 1 saturated heterocycles. The highest BCUT2D eigenvalue weighted by Crippen LogP contribution is 2.44. The summed E-state index contributed by atoms with van der Waals surface area (Å²) in [5, 5.41) is 12.1. The smallest absolute Gasteiger partial charge is 0.0966 e. The van der Waals surface area contributed by atoms with Gasteiger partial charge in [-0.3, -0.25) is 4.90 Å². The van der Waals surface area contributed by atoms with Crippen molar-refractivity contribution in [1.82, 2.24) is 9.91 Å². The van der Waals surface area contributed by atoms with Gasteiger partial charge in [-0.25, -0.2) is 5.84 Å². The average molecular weight is 421 g/mol. The molecule has 2 aliphatic heterocycles. The molecule has 29 heavy (non-hydrogen) atoms. The lowest BCUT2D eigenvalue weighted by molar-refractivity contribution is -0.0961. The SMILES string of the molecule is CCc1cc2c(s1)CCOC21CCN(C/C(N)=C/N(N)CC2(O)CCCC2)CC1. The van der Waals surface area contributed by atoms with Gasteiger partial charge in [0.05, 0.1) is 24.4 Å². The molecule has 5 N–H and O–H groups in total. The monoisotopic (exact) mass is 420 g/mol. The van der Waals surface area contributed by atoms with Crippen molar-refractivity contribution in [2.75, 3.05) is 32.8 Å². The van der Waals surface area contributed by atoms with Crippen LogP contribution in [0.5, 0.6) is 0 Å². The van der Waals surface area contributed by atoms with Crippen molar-refractivity contribution in [1.29, 1.82) is 0 Å². The Bertz CT molecular complexity index is 733. The van der Waals surface area contributed by atoms with Gasteiger partial charge in [-0.2, -0.15) is 0 Å². The molecular weight excluding hydrogens is 384 g/mol. The van der Waals surface area contributed by atoms with Gasteiger partial charge in [0, 0.05) is 47.7 Å². The summed E-state index contributed by atoms with van der Waals surface area (Å²) in [6, 6.07) is 2.39. The average Bonchev–Trinajstić information content (AvgIpc) is 3.30. The fraction of sp³-hybridized carbons (Fsp3) is 0.727. The lowest BCUT2D eigenvalue weighted by atomic mass is 9.82. The standard InChI is InChI=1S/C22H36N4O2S/c1-2-18-13-19-20(29-18)5-12-28-22(19)8-10-25(11-9-22)14-17(23)15-26(24)16-21(27)6-3-4-7-21/h13,15,27H,2-12,14,16,23-24H2,1H3/b17-15-. The van der Waals surface area contributed by atoms with Crippen LogP contribution in [0, 0.1) is 0 Å². The summed E-state index contributed by atoms with van der Waals surface area (Å²) in [4.78, 5) is 5.39. The molecule has 3 heterocycles. The predicted octanol–water partition coefficient (Wildman–Crippen LogP) is 2.46. The van der Waals surface area contributed by atoms with Gasteiger partial charge in [-0.1, -0.05) is 19.8 Å². The maximum atomic E-state index is 10.5. The summed E-state index contributed by atoms with van der Waals surface area (Å²) in [5.41, 5.74) is 7.72. The summed E-state index contributed by atoms with van der Waals surface area (Å²) in [6.07, 6.45) is 9.78. The van der Waals surface area contributed by atoms with Gasteiger partial charge in [0.25, 0.3) is 0 Å². The van der Waals surface area contributed by atoms with E-state index in [0.29, 0.717) is 13.1 Å². The van der Waals surface area contributed by atoms with E-state index in [4.69, 9.17) is 16.3 Å². The number of hydrogen-bond acceptors (Lipinski definition) is 7. The quantitative estimate of drug-likeness (QED) is 0.484. The normalized spacial score (nSPS) is 24.0. The third-order valence-corrected chi connectivity index (χ3v) is 8.16. The molecule has 0 unspecified atom stereocenters. The number of fused-ring (bicyclic) bond motifs is 2. The molecule has 0 bridgehead atoms. The van der Waals surface area contributed by atoms with Crippen LogP contribution in [0.1, 0.15) is 60.8 Å². The van der Waals surface area contributed by atoms with Gasteiger partial charge < -0.3 is 20.6 Å². The van der Waals surface area contributed by atoms with E-state index in [0.717, 1.165) is 76.8 Å². The molecule has 4 rings (SSSR count). The van der Waals surface area contributed by atoms with Crippen molar-refractivity contribution in [2.24, 2.45) is 11.6 Å². The van der Waals surface area contributed by atoms with Crippen LogP contribution in [0.25, 0.3) is 0 Å². The Labute approximate surface area is 178 Å². The molecule has 162 valence electrons. The highest BCUT2D eigenvalue weighted by atomic mass is 32.1. The van der Waals surface area contributed by atoms with Crippen LogP contribution in [0.15, 0.2) is 18.0 Å². The third kappa shape index (κ3) is 4.64. The first-order valence-electron chi connectivity index (χ1n) is 11.1. The molecule has 1 aromatic heterocycles. The van der Waals surface area contributed by atoms with Gasteiger partial charge in [0.1, 0.15) is 0 Å². The van der Waals surface area contributed by atoms with Crippen molar-refractivity contribution in [3.63, 3.8) is 0 Å². The molecular formula is C22H36N4O2S. The van der Waals surface area contributed by atoms with Gasteiger partial charge in [0.15, 0.2) is 0 Å². The molecule has 1 aliphatic carbocycles. The van der Waals surface area contributed by atoms with Crippen molar-refractivity contribution in [2.45, 2.75) is 69.5 Å². The van der Waals surface area contributed by atoms with Crippen LogP contribution in [-0.4, -0.2) is 53.4 Å². The Kier molecular flexibility index (Phi) is 6.23. The van der Waals surface area contributed by atoms with E-state index in [2.05, 4.69) is 17.9 Å². The minimum absolute atomic E-state index is 0.0991. The minimum Gasteiger partial charge on any atom is -0.400 e. The first-order valence-corrected chi connectivity index (χ1v) is 11.9. The summed E-state index contributed by atoms with van der Waals surface area (Å²) >= 11 is 1.97. The number of thiophene rings is 1. The number of aliphatic hydroxyl groups is 1. The third-order valence-electron chi connectivity index (χ3n) is 6.82. The van der Waals surface area contributed by atoms with E-state index in [1.54, 1.807) is 11.2 Å². The first kappa shape index (κ1) is 21.1. The molecule has 0 atom stereocenters. The molecule has 0 radical (unpaired) electrons. The number of nitrogens with two attached hydrogens (primary N) is 2. The van der Waals surface area contributed by atoms with Crippen molar-refractivity contribution in [3.8, 4) is 0 Å². The Morgan fingerprint density at radius 2 is 2.03 bits per heavy atom. The summed E-state index contributed by atoms with van der Waals surface area (Å²) < 4.78 is 6.37. The summed E-state index contributed by atoms with van der Waals surface area (Å²) in [6.45, 7) is 6.17. The van der Waals surface area contributed by atoms with Gasteiger partial charge in [-0.15, -0.1) is 11.3 Å². The number of hydrazine groups is 1. The van der Waals surface area contributed by atoms with E-state index in [9.17, 15) is 5.11 Å². The summed E-state index contributed by atoms with van der Waals surface area (Å²) in [5.74, 6) is 6.10. The number of aryl methyl sites for hydroxylation is 1. The number of nitrogens with zero attached hydrogens (tertiary/aromatic N) is 2. The Morgan fingerprint density at radius 1 is 1.31 bits per heavy atom. The second kappa shape index (κ2) is 8.55. The van der Waals surface area contributed by atoms with E-state index < -0.39 is 5.60 Å². The number of ether oxygens (including phenoxy) is 1. The highest BCUT2D eigenvalue weighted by molar-refractivity contribution is 7.12. The second-order valence-corrected chi connectivity index (χ2v) is 10.3. The molecule has 7 heteroatoms. The van der Waals surface area contributed by atoms with Gasteiger partial charge in [-0.05, 0) is 43.7 Å². The van der Waals surface area contributed by atoms with Crippen LogP contribution in [-0.2, 0) is 23.2 Å². The number of rotatable bonds is 6. The highest BCUT2D eigenvalue weighted by Gasteiger charge is 2.41. The molecule has 1 aromatic rings. The van der Waals surface area contributed by atoms with Crippen molar-refractivity contribution < 1.29 is 9.84 Å². The van der Waals surface area contributed by atoms with Crippen molar-refractivity contribution in [3.05, 3.63) is 33.3 Å². The van der Waals surface area contributed by atoms with Crippen LogP contribution in [0.3, 0.4) is 0 Å². The zero-order chi connectivity index (χ0) is 20.5. The lowest BCUT2D eigenvalue weighted by Crippen LogP contribution is -2.47. The predicted molar refractivity (Wildman–Crippen MR) is 117 cm³/mol. The fourth-order valence-corrected chi connectivity index (χ4v) is 6.40.